The molecule has 1 aromatic heterocycles. The van der Waals surface area contributed by atoms with Crippen LogP contribution in [-0.4, -0.2) is 15.5 Å². The average Bonchev–Trinajstić information content (AvgIpc) is 3.05. The highest BCUT2D eigenvalue weighted by Gasteiger charge is 2.17. The highest BCUT2D eigenvalue weighted by Crippen LogP contribution is 2.33. The van der Waals surface area contributed by atoms with Gasteiger partial charge in [0.15, 0.2) is 0 Å². The molecule has 0 fully saturated rings. The molecule has 0 saturated heterocycles. The first-order chi connectivity index (χ1) is 13.3. The Morgan fingerprint density at radius 1 is 0.889 bits per heavy atom. The molecule has 3 nitrogen and oxygen atoms in total. The molecule has 3 rings (SSSR count). The van der Waals surface area contributed by atoms with Crippen molar-refractivity contribution in [1.82, 2.24) is 9.55 Å². The van der Waals surface area contributed by atoms with Gasteiger partial charge < -0.3 is 4.57 Å². The van der Waals surface area contributed by atoms with Crippen LogP contribution in [0.4, 0.5) is 0 Å². The van der Waals surface area contributed by atoms with Crippen LogP contribution < -0.4 is 0 Å². The van der Waals surface area contributed by atoms with Crippen LogP contribution in [0, 0.1) is 6.92 Å². The fourth-order valence-electron chi connectivity index (χ4n) is 3.45. The summed E-state index contributed by atoms with van der Waals surface area (Å²) in [6.45, 7) is 3.05. The zero-order valence-electron chi connectivity index (χ0n) is 15.9. The Balaban J connectivity index is 1.83. The van der Waals surface area contributed by atoms with Crippen molar-refractivity contribution in [2.24, 2.45) is 0 Å². The lowest BCUT2D eigenvalue weighted by molar-refractivity contribution is 0.562. The number of carbonyl (C=O) groups excluding carboxylic acids is 1. The minimum absolute atomic E-state index is 0.834. The Morgan fingerprint density at radius 3 is 2.19 bits per heavy atom. The summed E-state index contributed by atoms with van der Waals surface area (Å²) in [6, 6.07) is 20.9. The van der Waals surface area contributed by atoms with Crippen LogP contribution in [0.15, 0.2) is 66.7 Å². The van der Waals surface area contributed by atoms with Gasteiger partial charge in [-0.05, 0) is 32.3 Å². The van der Waals surface area contributed by atoms with Gasteiger partial charge >= 0.3 is 0 Å². The highest BCUT2D eigenvalue weighted by molar-refractivity contribution is 5.79. The second-order valence-electron chi connectivity index (χ2n) is 6.76. The number of unbranched alkanes of at least 4 members (excludes halogenated alkanes) is 4. The van der Waals surface area contributed by atoms with Crippen molar-refractivity contribution >= 4 is 5.94 Å². The highest BCUT2D eigenvalue weighted by atomic mass is 16.1. The third kappa shape index (κ3) is 4.84. The number of aromatic nitrogens is 2. The molecule has 0 aliphatic heterocycles. The van der Waals surface area contributed by atoms with Crippen LogP contribution in [-0.2, 0) is 11.3 Å². The molecule has 1 heterocycles. The number of benzene rings is 2. The second-order valence-corrected chi connectivity index (χ2v) is 6.76. The van der Waals surface area contributed by atoms with Gasteiger partial charge in [-0.1, -0.05) is 73.5 Å². The largest absolute Gasteiger partial charge is 0.328 e. The van der Waals surface area contributed by atoms with E-state index >= 15 is 0 Å². The number of allylic oxidation sites excluding steroid dienone is 1. The Morgan fingerprint density at radius 2 is 1.52 bits per heavy atom. The van der Waals surface area contributed by atoms with Crippen LogP contribution in [0.1, 0.15) is 37.9 Å². The molecule has 0 atom stereocenters. The fraction of sp³-hybridized carbons (Fsp3) is 0.292. The first kappa shape index (κ1) is 18.9. The molecule has 0 bridgehead atoms. The summed E-state index contributed by atoms with van der Waals surface area (Å²) in [7, 11) is 0. The Kier molecular flexibility index (Phi) is 6.78. The molecule has 138 valence electrons. The van der Waals surface area contributed by atoms with Crippen molar-refractivity contribution in [1.29, 1.82) is 0 Å². The van der Waals surface area contributed by atoms with Gasteiger partial charge in [-0.15, -0.1) is 0 Å². The molecule has 0 radical (unpaired) electrons. The number of rotatable bonds is 9. The van der Waals surface area contributed by atoms with Crippen LogP contribution in [0.3, 0.4) is 0 Å². The summed E-state index contributed by atoms with van der Waals surface area (Å²) in [5.41, 5.74) is 4.60. The fourth-order valence-corrected chi connectivity index (χ4v) is 3.45. The van der Waals surface area contributed by atoms with Gasteiger partial charge in [0.05, 0.1) is 11.4 Å². The van der Waals surface area contributed by atoms with Gasteiger partial charge in [-0.3, -0.25) is 0 Å². The van der Waals surface area contributed by atoms with Crippen LogP contribution >= 0.6 is 0 Å². The summed E-state index contributed by atoms with van der Waals surface area (Å²) < 4.78 is 2.35. The smallest absolute Gasteiger partial charge is 0.120 e. The zero-order valence-corrected chi connectivity index (χ0v) is 15.9. The molecule has 27 heavy (non-hydrogen) atoms. The van der Waals surface area contributed by atoms with Gasteiger partial charge in [0.25, 0.3) is 0 Å². The maximum Gasteiger partial charge on any atom is 0.120 e. The van der Waals surface area contributed by atoms with E-state index in [-0.39, 0.29) is 0 Å². The quantitative estimate of drug-likeness (QED) is 0.354. The lowest BCUT2D eigenvalue weighted by atomic mass is 10.0. The van der Waals surface area contributed by atoms with E-state index in [1.54, 1.807) is 6.08 Å². The topological polar surface area (TPSA) is 34.9 Å². The standard InChI is InChI=1S/C24H26N2O/c1-20-25-23(21-14-8-6-9-15-21)24(22-16-10-7-11-17-22)26(20)18-12-4-2-3-5-13-19-27/h6-11,13-17H,2-5,12,18H2,1H3. The van der Waals surface area contributed by atoms with E-state index in [9.17, 15) is 4.79 Å². The lowest BCUT2D eigenvalue weighted by Gasteiger charge is -2.12. The van der Waals surface area contributed by atoms with Gasteiger partial charge in [0.1, 0.15) is 11.8 Å². The first-order valence-electron chi connectivity index (χ1n) is 9.68. The van der Waals surface area contributed by atoms with Crippen molar-refractivity contribution in [3.8, 4) is 22.5 Å². The van der Waals surface area contributed by atoms with E-state index in [0.717, 1.165) is 55.7 Å². The molecule has 3 aromatic rings. The molecule has 0 aliphatic carbocycles. The number of aryl methyl sites for hydroxylation is 1. The van der Waals surface area contributed by atoms with Gasteiger partial charge in [0.2, 0.25) is 0 Å². The Hall–Kier alpha value is -2.90. The molecule has 3 heteroatoms. The number of imidazole rings is 1. The number of nitrogens with zero attached hydrogens (tertiary/aromatic N) is 2. The molecule has 0 amide bonds. The van der Waals surface area contributed by atoms with Gasteiger partial charge in [0, 0.05) is 17.7 Å². The van der Waals surface area contributed by atoms with Crippen molar-refractivity contribution < 1.29 is 4.79 Å². The minimum atomic E-state index is 0.834. The summed E-state index contributed by atoms with van der Waals surface area (Å²) in [5, 5.41) is 0. The van der Waals surface area contributed by atoms with Crippen molar-refractivity contribution in [3.05, 3.63) is 72.6 Å². The normalized spacial score (nSPS) is 10.6. The predicted octanol–water partition coefficient (Wildman–Crippen LogP) is 5.86. The molecule has 0 N–H and O–H groups in total. The molecule has 0 aliphatic rings. The lowest BCUT2D eigenvalue weighted by Crippen LogP contribution is -2.03. The first-order valence-corrected chi connectivity index (χ1v) is 9.68. The minimum Gasteiger partial charge on any atom is -0.328 e. The summed E-state index contributed by atoms with van der Waals surface area (Å²) in [6.07, 6.45) is 6.87. The third-order valence-corrected chi connectivity index (χ3v) is 4.82. The molecular formula is C24H26N2O. The van der Waals surface area contributed by atoms with Crippen molar-refractivity contribution in [2.75, 3.05) is 0 Å². The summed E-state index contributed by atoms with van der Waals surface area (Å²) >= 11 is 0. The SMILES string of the molecule is Cc1nc(-c2ccccc2)c(-c2ccccc2)n1CCCCCCC=C=O. The third-order valence-electron chi connectivity index (χ3n) is 4.82. The predicted molar refractivity (Wildman–Crippen MR) is 111 cm³/mol. The monoisotopic (exact) mass is 358 g/mol. The average molecular weight is 358 g/mol. The molecule has 2 aromatic carbocycles. The Bertz CT molecular complexity index is 891. The van der Waals surface area contributed by atoms with Gasteiger partial charge in [-0.2, -0.15) is 0 Å². The van der Waals surface area contributed by atoms with Gasteiger partial charge in [-0.25, -0.2) is 9.78 Å². The maximum atomic E-state index is 10.2. The van der Waals surface area contributed by atoms with Crippen LogP contribution in [0.2, 0.25) is 0 Å². The van der Waals surface area contributed by atoms with E-state index in [1.807, 2.05) is 18.1 Å². The zero-order chi connectivity index (χ0) is 18.9. The van der Waals surface area contributed by atoms with Crippen molar-refractivity contribution in [3.63, 3.8) is 0 Å². The number of hydrogen-bond donors (Lipinski definition) is 0. The summed E-state index contributed by atoms with van der Waals surface area (Å²) in [5.74, 6) is 2.90. The van der Waals surface area contributed by atoms with E-state index in [2.05, 4.69) is 60.0 Å². The molecular weight excluding hydrogens is 332 g/mol. The second kappa shape index (κ2) is 9.70. The Labute approximate surface area is 161 Å². The van der Waals surface area contributed by atoms with Crippen LogP contribution in [0.25, 0.3) is 22.5 Å². The molecule has 0 saturated carbocycles. The van der Waals surface area contributed by atoms with E-state index in [0.29, 0.717) is 0 Å². The van der Waals surface area contributed by atoms with E-state index in [1.165, 1.54) is 11.3 Å². The molecule has 0 unspecified atom stereocenters. The molecule has 0 spiro atoms. The van der Waals surface area contributed by atoms with Crippen molar-refractivity contribution in [2.45, 2.75) is 45.6 Å². The van der Waals surface area contributed by atoms with E-state index in [4.69, 9.17) is 4.98 Å². The maximum absolute atomic E-state index is 10.2. The summed E-state index contributed by atoms with van der Waals surface area (Å²) in [4.78, 5) is 15.1. The number of hydrogen-bond acceptors (Lipinski definition) is 2. The van der Waals surface area contributed by atoms with Crippen LogP contribution in [0.5, 0.6) is 0 Å². The van der Waals surface area contributed by atoms with E-state index < -0.39 is 0 Å².